The third-order valence-electron chi connectivity index (χ3n) is 4.32. The molecule has 0 atom stereocenters. The van der Waals surface area contributed by atoms with Gasteiger partial charge in [0.1, 0.15) is 6.73 Å². The number of amides is 1. The number of nitrogens with zero attached hydrogens (tertiary/aromatic N) is 1. The van der Waals surface area contributed by atoms with Gasteiger partial charge < -0.3 is 15.4 Å². The minimum absolute atomic E-state index is 0.152. The molecule has 0 aliphatic heterocycles. The summed E-state index contributed by atoms with van der Waals surface area (Å²) >= 11 is 1.41. The second-order valence-electron chi connectivity index (χ2n) is 6.22. The zero-order valence-corrected chi connectivity index (χ0v) is 16.1. The number of aromatic nitrogens is 1. The first-order valence-corrected chi connectivity index (χ1v) is 9.63. The second kappa shape index (κ2) is 8.21. The number of benzene rings is 2. The van der Waals surface area contributed by atoms with Gasteiger partial charge in [-0.2, -0.15) is 0 Å². The molecular formula is C22H19N3O2S. The quantitative estimate of drug-likeness (QED) is 0.454. The number of hydrogen-bond acceptors (Lipinski definition) is 5. The summed E-state index contributed by atoms with van der Waals surface area (Å²) < 4.78 is 5.85. The summed E-state index contributed by atoms with van der Waals surface area (Å²) in [4.78, 5) is 17.1. The van der Waals surface area contributed by atoms with Gasteiger partial charge in [0.2, 0.25) is 0 Å². The van der Waals surface area contributed by atoms with Gasteiger partial charge >= 0.3 is 0 Å². The molecule has 140 valence electrons. The molecule has 0 bridgehead atoms. The number of nitrogens with one attached hydrogen (secondary N) is 2. The average molecular weight is 389 g/mol. The van der Waals surface area contributed by atoms with Gasteiger partial charge in [-0.25, -0.2) is 0 Å². The lowest BCUT2D eigenvalue weighted by Gasteiger charge is -2.08. The number of anilines is 2. The summed E-state index contributed by atoms with van der Waals surface area (Å²) in [5.41, 5.74) is 4.18. The van der Waals surface area contributed by atoms with Crippen LogP contribution < -0.4 is 10.6 Å². The van der Waals surface area contributed by atoms with Crippen LogP contribution in [0.5, 0.6) is 0 Å². The largest absolute Gasteiger partial charge is 0.364 e. The van der Waals surface area contributed by atoms with Gasteiger partial charge in [-0.05, 0) is 29.3 Å². The van der Waals surface area contributed by atoms with Crippen molar-refractivity contribution in [3.63, 3.8) is 0 Å². The van der Waals surface area contributed by atoms with Crippen LogP contribution in [-0.4, -0.2) is 24.7 Å². The SMILES string of the molecule is COCNC(=O)c1cc2c(Nc3ccc(-c4ccccc4)cc3)cncc2s1. The highest BCUT2D eigenvalue weighted by Crippen LogP contribution is 2.32. The Hall–Kier alpha value is -3.22. The molecule has 2 heterocycles. The Morgan fingerprint density at radius 2 is 1.79 bits per heavy atom. The van der Waals surface area contributed by atoms with Crippen molar-refractivity contribution in [2.45, 2.75) is 0 Å². The lowest BCUT2D eigenvalue weighted by atomic mass is 10.1. The first kappa shape index (κ1) is 18.2. The molecule has 28 heavy (non-hydrogen) atoms. The minimum atomic E-state index is -0.152. The van der Waals surface area contributed by atoms with Crippen LogP contribution in [-0.2, 0) is 4.74 Å². The van der Waals surface area contributed by atoms with E-state index in [0.29, 0.717) is 4.88 Å². The van der Waals surface area contributed by atoms with Crippen molar-refractivity contribution in [2.24, 2.45) is 0 Å². The normalized spacial score (nSPS) is 10.8. The highest BCUT2D eigenvalue weighted by Gasteiger charge is 2.12. The van der Waals surface area contributed by atoms with Crippen LogP contribution in [0.25, 0.3) is 21.2 Å². The monoisotopic (exact) mass is 389 g/mol. The van der Waals surface area contributed by atoms with Crippen molar-refractivity contribution in [1.29, 1.82) is 0 Å². The Balaban J connectivity index is 1.57. The fraction of sp³-hybridized carbons (Fsp3) is 0.0909. The van der Waals surface area contributed by atoms with Crippen LogP contribution in [0.1, 0.15) is 9.67 Å². The van der Waals surface area contributed by atoms with Crippen LogP contribution in [0.2, 0.25) is 0 Å². The van der Waals surface area contributed by atoms with Gasteiger partial charge in [-0.3, -0.25) is 9.78 Å². The van der Waals surface area contributed by atoms with Gasteiger partial charge in [0.15, 0.2) is 0 Å². The maximum Gasteiger partial charge on any atom is 0.263 e. The highest BCUT2D eigenvalue weighted by molar-refractivity contribution is 7.20. The minimum Gasteiger partial charge on any atom is -0.364 e. The Morgan fingerprint density at radius 1 is 1.04 bits per heavy atom. The molecule has 0 saturated heterocycles. The summed E-state index contributed by atoms with van der Waals surface area (Å²) in [5.74, 6) is -0.152. The molecule has 1 amide bonds. The van der Waals surface area contributed by atoms with Crippen LogP contribution in [0, 0.1) is 0 Å². The molecule has 5 nitrogen and oxygen atoms in total. The maximum atomic E-state index is 12.2. The summed E-state index contributed by atoms with van der Waals surface area (Å²) in [6.07, 6.45) is 3.55. The second-order valence-corrected chi connectivity index (χ2v) is 7.30. The van der Waals surface area contributed by atoms with E-state index >= 15 is 0 Å². The van der Waals surface area contributed by atoms with Crippen molar-refractivity contribution < 1.29 is 9.53 Å². The molecule has 0 unspecified atom stereocenters. The van der Waals surface area contributed by atoms with Crippen LogP contribution >= 0.6 is 11.3 Å². The predicted molar refractivity (Wildman–Crippen MR) is 114 cm³/mol. The Morgan fingerprint density at radius 3 is 2.54 bits per heavy atom. The van der Waals surface area contributed by atoms with E-state index in [1.807, 2.05) is 36.4 Å². The number of pyridine rings is 1. The molecule has 0 spiro atoms. The number of carbonyl (C=O) groups is 1. The Labute approximate surface area is 167 Å². The average Bonchev–Trinajstić information content (AvgIpc) is 3.19. The topological polar surface area (TPSA) is 63.2 Å². The summed E-state index contributed by atoms with van der Waals surface area (Å²) in [7, 11) is 1.54. The lowest BCUT2D eigenvalue weighted by Crippen LogP contribution is -2.24. The van der Waals surface area contributed by atoms with Crippen LogP contribution in [0.15, 0.2) is 73.1 Å². The molecule has 0 fully saturated rings. The molecule has 0 radical (unpaired) electrons. The van der Waals surface area contributed by atoms with E-state index in [2.05, 4.69) is 39.9 Å². The highest BCUT2D eigenvalue weighted by atomic mass is 32.1. The van der Waals surface area contributed by atoms with Crippen molar-refractivity contribution in [1.82, 2.24) is 10.3 Å². The molecule has 2 aromatic carbocycles. The fourth-order valence-electron chi connectivity index (χ4n) is 2.93. The number of thiophene rings is 1. The summed E-state index contributed by atoms with van der Waals surface area (Å²) in [5, 5.41) is 7.09. The first-order valence-electron chi connectivity index (χ1n) is 8.82. The number of fused-ring (bicyclic) bond motifs is 1. The molecule has 4 rings (SSSR count). The third-order valence-corrected chi connectivity index (χ3v) is 5.39. The van der Waals surface area contributed by atoms with Crippen molar-refractivity contribution in [2.75, 3.05) is 19.2 Å². The summed E-state index contributed by atoms with van der Waals surface area (Å²) in [6, 6.07) is 20.4. The van der Waals surface area contributed by atoms with E-state index in [1.54, 1.807) is 19.5 Å². The molecule has 2 N–H and O–H groups in total. The maximum absolute atomic E-state index is 12.2. The summed E-state index contributed by atoms with van der Waals surface area (Å²) in [6.45, 7) is 0.185. The van der Waals surface area contributed by atoms with E-state index in [9.17, 15) is 4.79 Å². The zero-order valence-electron chi connectivity index (χ0n) is 15.3. The zero-order chi connectivity index (χ0) is 19.3. The molecule has 4 aromatic rings. The third kappa shape index (κ3) is 3.88. The predicted octanol–water partition coefficient (Wildman–Crippen LogP) is 5.04. The fourth-order valence-corrected chi connectivity index (χ4v) is 3.90. The standard InChI is InChI=1S/C22H19N3O2S/c1-27-14-24-22(26)20-11-18-19(12-23-13-21(18)28-20)25-17-9-7-16(8-10-17)15-5-3-2-4-6-15/h2-13,25H,14H2,1H3,(H,24,26). The Kier molecular flexibility index (Phi) is 5.32. The smallest absolute Gasteiger partial charge is 0.263 e. The van der Waals surface area contributed by atoms with Gasteiger partial charge in [0.25, 0.3) is 5.91 Å². The number of hydrogen-bond donors (Lipinski definition) is 2. The molecule has 6 heteroatoms. The van der Waals surface area contributed by atoms with Crippen molar-refractivity contribution in [3.8, 4) is 11.1 Å². The van der Waals surface area contributed by atoms with Gasteiger partial charge in [-0.15, -0.1) is 11.3 Å². The van der Waals surface area contributed by atoms with Crippen molar-refractivity contribution >= 4 is 38.7 Å². The van der Waals surface area contributed by atoms with Gasteiger partial charge in [-0.1, -0.05) is 42.5 Å². The van der Waals surface area contributed by atoms with Crippen LogP contribution in [0.4, 0.5) is 11.4 Å². The van der Waals surface area contributed by atoms with Gasteiger partial charge in [0.05, 0.1) is 21.5 Å². The lowest BCUT2D eigenvalue weighted by molar-refractivity contribution is 0.0876. The molecule has 0 aliphatic rings. The molecule has 0 aliphatic carbocycles. The number of rotatable bonds is 6. The van der Waals surface area contributed by atoms with E-state index in [4.69, 9.17) is 4.74 Å². The molecule has 2 aromatic heterocycles. The number of ether oxygens (including phenoxy) is 1. The van der Waals surface area contributed by atoms with E-state index in [-0.39, 0.29) is 12.6 Å². The van der Waals surface area contributed by atoms with E-state index in [1.165, 1.54) is 16.9 Å². The van der Waals surface area contributed by atoms with Crippen LogP contribution in [0.3, 0.4) is 0 Å². The molecule has 0 saturated carbocycles. The van der Waals surface area contributed by atoms with Crippen molar-refractivity contribution in [3.05, 3.63) is 77.9 Å². The van der Waals surface area contributed by atoms with E-state index in [0.717, 1.165) is 27.0 Å². The van der Waals surface area contributed by atoms with E-state index < -0.39 is 0 Å². The molecular weight excluding hydrogens is 370 g/mol. The van der Waals surface area contributed by atoms with Gasteiger partial charge in [0, 0.05) is 24.4 Å². The number of carbonyl (C=O) groups excluding carboxylic acids is 1. The Bertz CT molecular complexity index is 1090. The first-order chi connectivity index (χ1) is 13.7. The number of methoxy groups -OCH3 is 1.